The predicted octanol–water partition coefficient (Wildman–Crippen LogP) is 2.99. The smallest absolute Gasteiger partial charge is 0.282 e. The zero-order chi connectivity index (χ0) is 17.8. The Morgan fingerprint density at radius 1 is 0.960 bits per heavy atom. The maximum absolute atomic E-state index is 12.6. The van der Waals surface area contributed by atoms with E-state index in [0.717, 1.165) is 24.3 Å². The molecule has 1 aliphatic rings. The minimum absolute atomic E-state index is 0.138. The number of anilines is 2. The van der Waals surface area contributed by atoms with E-state index in [2.05, 4.69) is 24.2 Å². The molecule has 0 atom stereocenters. The van der Waals surface area contributed by atoms with Gasteiger partial charge in [-0.25, -0.2) is 5.01 Å². The summed E-state index contributed by atoms with van der Waals surface area (Å²) < 4.78 is 0. The summed E-state index contributed by atoms with van der Waals surface area (Å²) in [6.45, 7) is 6.09. The molecular weight excluding hydrogens is 314 g/mol. The Balaban J connectivity index is 1.84. The fourth-order valence-electron chi connectivity index (χ4n) is 2.85. The van der Waals surface area contributed by atoms with Crippen molar-refractivity contribution in [3.8, 4) is 0 Å². The highest BCUT2D eigenvalue weighted by Gasteiger charge is 2.34. The summed E-state index contributed by atoms with van der Waals surface area (Å²) in [6.07, 6.45) is 1.63. The topological polar surface area (TPSA) is 52.7 Å². The summed E-state index contributed by atoms with van der Waals surface area (Å²) in [5.41, 5.74) is 5.33. The summed E-state index contributed by atoms with van der Waals surface area (Å²) in [4.78, 5) is 27.0. The van der Waals surface area contributed by atoms with Gasteiger partial charge >= 0.3 is 0 Å². The number of hydrogen-bond donors (Lipinski definition) is 1. The Morgan fingerprint density at radius 3 is 2.20 bits per heavy atom. The van der Waals surface area contributed by atoms with E-state index in [1.165, 1.54) is 5.01 Å². The van der Waals surface area contributed by atoms with Crippen LogP contribution in [0.2, 0.25) is 0 Å². The molecule has 5 heteroatoms. The summed E-state index contributed by atoms with van der Waals surface area (Å²) in [7, 11) is 0. The fourth-order valence-corrected chi connectivity index (χ4v) is 2.85. The highest BCUT2D eigenvalue weighted by Crippen LogP contribution is 2.22. The minimum Gasteiger partial charge on any atom is -0.372 e. The number of hydrazine groups is 1. The van der Waals surface area contributed by atoms with E-state index in [4.69, 9.17) is 0 Å². The molecule has 2 aromatic rings. The third-order valence-corrected chi connectivity index (χ3v) is 4.24. The molecule has 0 radical (unpaired) electrons. The lowest BCUT2D eigenvalue weighted by molar-refractivity contribution is -0.117. The van der Waals surface area contributed by atoms with Crippen molar-refractivity contribution in [2.45, 2.75) is 13.8 Å². The number of nitrogens with one attached hydrogen (secondary N) is 1. The summed E-state index contributed by atoms with van der Waals surface area (Å²) in [5, 5.41) is 1.28. The fraction of sp³-hybridized carbons (Fsp3) is 0.200. The Kier molecular flexibility index (Phi) is 4.84. The molecule has 0 unspecified atom stereocenters. The number of nitrogens with zero attached hydrogens (tertiary/aromatic N) is 2. The van der Waals surface area contributed by atoms with Crippen molar-refractivity contribution in [2.24, 2.45) is 0 Å². The first kappa shape index (κ1) is 16.8. The molecule has 2 aromatic carbocycles. The van der Waals surface area contributed by atoms with Crippen LogP contribution in [0, 0.1) is 0 Å². The highest BCUT2D eigenvalue weighted by atomic mass is 16.2. The van der Waals surface area contributed by atoms with E-state index in [1.807, 2.05) is 42.5 Å². The molecule has 0 bridgehead atoms. The van der Waals surface area contributed by atoms with Gasteiger partial charge in [-0.3, -0.25) is 15.0 Å². The minimum atomic E-state index is -0.387. The molecule has 5 nitrogen and oxygen atoms in total. The average Bonchev–Trinajstić information content (AvgIpc) is 2.93. The van der Waals surface area contributed by atoms with Gasteiger partial charge in [-0.15, -0.1) is 0 Å². The Morgan fingerprint density at radius 2 is 1.60 bits per heavy atom. The van der Waals surface area contributed by atoms with Gasteiger partial charge in [-0.1, -0.05) is 30.3 Å². The standard InChI is InChI=1S/C20H21N3O2/c1-3-22(4-2)16-12-10-15(11-13-16)14-18-19(24)21-23(20(18)25)17-8-6-5-7-9-17/h5-14H,3-4H2,1-2H3,(H,21,24). The monoisotopic (exact) mass is 335 g/mol. The Hall–Kier alpha value is -3.08. The van der Waals surface area contributed by atoms with E-state index in [9.17, 15) is 9.59 Å². The molecule has 1 fully saturated rings. The van der Waals surface area contributed by atoms with Crippen LogP contribution in [0.15, 0.2) is 60.2 Å². The van der Waals surface area contributed by atoms with Crippen LogP contribution < -0.4 is 15.3 Å². The molecule has 1 heterocycles. The lowest BCUT2D eigenvalue weighted by atomic mass is 10.1. The Labute approximate surface area is 147 Å². The van der Waals surface area contributed by atoms with Crippen LogP contribution in [0.25, 0.3) is 6.08 Å². The molecule has 1 N–H and O–H groups in total. The number of amides is 2. The number of hydrogen-bond acceptors (Lipinski definition) is 3. The molecule has 0 aromatic heterocycles. The normalized spacial score (nSPS) is 15.6. The number of carbonyl (C=O) groups is 2. The van der Waals surface area contributed by atoms with Crippen LogP contribution in [0.3, 0.4) is 0 Å². The van der Waals surface area contributed by atoms with Gasteiger partial charge in [0.05, 0.1) is 5.69 Å². The quantitative estimate of drug-likeness (QED) is 0.675. The van der Waals surface area contributed by atoms with E-state index >= 15 is 0 Å². The third kappa shape index (κ3) is 3.40. The van der Waals surface area contributed by atoms with Crippen molar-refractivity contribution in [3.63, 3.8) is 0 Å². The van der Waals surface area contributed by atoms with Crippen LogP contribution in [0.4, 0.5) is 11.4 Å². The number of benzene rings is 2. The van der Waals surface area contributed by atoms with Gasteiger partial charge in [0.15, 0.2) is 0 Å². The van der Waals surface area contributed by atoms with Gasteiger partial charge in [0.1, 0.15) is 5.57 Å². The number of carbonyl (C=O) groups excluding carboxylic acids is 2. The van der Waals surface area contributed by atoms with Crippen molar-refractivity contribution in [3.05, 3.63) is 65.7 Å². The SMILES string of the molecule is CCN(CC)c1ccc(C=C2C(=O)NN(c3ccccc3)C2=O)cc1. The average molecular weight is 335 g/mol. The maximum Gasteiger partial charge on any atom is 0.282 e. The first-order valence-electron chi connectivity index (χ1n) is 8.41. The lowest BCUT2D eigenvalue weighted by Gasteiger charge is -2.20. The van der Waals surface area contributed by atoms with Crippen molar-refractivity contribution in [1.29, 1.82) is 0 Å². The van der Waals surface area contributed by atoms with E-state index in [-0.39, 0.29) is 17.4 Å². The van der Waals surface area contributed by atoms with Crippen molar-refractivity contribution < 1.29 is 9.59 Å². The molecule has 3 rings (SSSR count). The predicted molar refractivity (Wildman–Crippen MR) is 100 cm³/mol. The van der Waals surface area contributed by atoms with Crippen LogP contribution in [0.1, 0.15) is 19.4 Å². The van der Waals surface area contributed by atoms with Gasteiger partial charge in [-0.05, 0) is 49.8 Å². The zero-order valence-electron chi connectivity index (χ0n) is 14.4. The van der Waals surface area contributed by atoms with Gasteiger partial charge in [0.25, 0.3) is 11.8 Å². The van der Waals surface area contributed by atoms with E-state index in [0.29, 0.717) is 5.69 Å². The Bertz CT molecular complexity index is 793. The van der Waals surface area contributed by atoms with E-state index in [1.54, 1.807) is 18.2 Å². The first-order chi connectivity index (χ1) is 12.1. The third-order valence-electron chi connectivity index (χ3n) is 4.24. The second-order valence-corrected chi connectivity index (χ2v) is 5.74. The molecular formula is C20H21N3O2. The van der Waals surface area contributed by atoms with Gasteiger partial charge in [0.2, 0.25) is 0 Å². The molecule has 1 aliphatic heterocycles. The van der Waals surface area contributed by atoms with Crippen LogP contribution in [-0.4, -0.2) is 24.9 Å². The van der Waals surface area contributed by atoms with Crippen molar-refractivity contribution in [1.82, 2.24) is 5.43 Å². The number of rotatable bonds is 5. The first-order valence-corrected chi connectivity index (χ1v) is 8.41. The summed E-state index contributed by atoms with van der Waals surface area (Å²) in [5.74, 6) is -0.731. The molecule has 0 saturated carbocycles. The second-order valence-electron chi connectivity index (χ2n) is 5.74. The molecule has 25 heavy (non-hydrogen) atoms. The maximum atomic E-state index is 12.6. The highest BCUT2D eigenvalue weighted by molar-refractivity contribution is 6.31. The van der Waals surface area contributed by atoms with Gasteiger partial charge in [-0.2, -0.15) is 0 Å². The van der Waals surface area contributed by atoms with Crippen LogP contribution in [-0.2, 0) is 9.59 Å². The largest absolute Gasteiger partial charge is 0.372 e. The second kappa shape index (κ2) is 7.21. The van der Waals surface area contributed by atoms with Crippen molar-refractivity contribution in [2.75, 3.05) is 23.0 Å². The van der Waals surface area contributed by atoms with Crippen molar-refractivity contribution >= 4 is 29.3 Å². The zero-order valence-corrected chi connectivity index (χ0v) is 14.4. The molecule has 2 amide bonds. The lowest BCUT2D eigenvalue weighted by Crippen LogP contribution is -2.35. The van der Waals surface area contributed by atoms with Crippen LogP contribution >= 0.6 is 0 Å². The van der Waals surface area contributed by atoms with Gasteiger partial charge in [0, 0.05) is 18.8 Å². The van der Waals surface area contributed by atoms with Gasteiger partial charge < -0.3 is 4.90 Å². The molecule has 0 aliphatic carbocycles. The number of para-hydroxylation sites is 1. The van der Waals surface area contributed by atoms with Crippen LogP contribution in [0.5, 0.6) is 0 Å². The molecule has 0 spiro atoms. The molecule has 128 valence electrons. The summed E-state index contributed by atoms with van der Waals surface area (Å²) >= 11 is 0. The molecule has 1 saturated heterocycles. The van der Waals surface area contributed by atoms with E-state index < -0.39 is 0 Å². The summed E-state index contributed by atoms with van der Waals surface area (Å²) in [6, 6.07) is 16.9.